The van der Waals surface area contributed by atoms with Crippen LogP contribution in [0.1, 0.15) is 4.88 Å². The van der Waals surface area contributed by atoms with Crippen molar-refractivity contribution in [1.29, 1.82) is 0 Å². The Balaban J connectivity index is 2.37. The van der Waals surface area contributed by atoms with Crippen LogP contribution in [0.2, 0.25) is 0 Å². The third-order valence-corrected chi connectivity index (χ3v) is 3.24. The van der Waals surface area contributed by atoms with Crippen molar-refractivity contribution in [3.05, 3.63) is 16.6 Å². The number of nitrogens with one attached hydrogen (secondary N) is 1. The molecule has 1 unspecified atom stereocenters. The van der Waals surface area contributed by atoms with Crippen LogP contribution in [0.4, 0.5) is 0 Å². The minimum Gasteiger partial charge on any atom is -0.316 e. The second-order valence-electron chi connectivity index (χ2n) is 2.61. The summed E-state index contributed by atoms with van der Waals surface area (Å²) >= 11 is 3.61. The van der Waals surface area contributed by atoms with Gasteiger partial charge in [-0.2, -0.15) is 11.8 Å². The van der Waals surface area contributed by atoms with E-state index >= 15 is 0 Å². The number of rotatable bonds is 5. The van der Waals surface area contributed by atoms with Crippen LogP contribution >= 0.6 is 23.1 Å². The predicted octanol–water partition coefficient (Wildman–Crippen LogP) is 1.64. The van der Waals surface area contributed by atoms with E-state index in [1.807, 2.05) is 30.5 Å². The molecule has 0 aromatic carbocycles. The van der Waals surface area contributed by atoms with Crippen LogP contribution in [0.25, 0.3) is 0 Å². The lowest BCUT2D eigenvalue weighted by Gasteiger charge is -2.12. The molecule has 0 saturated carbocycles. The summed E-state index contributed by atoms with van der Waals surface area (Å²) in [5.41, 5.74) is 1.89. The Morgan fingerprint density at radius 3 is 3.08 bits per heavy atom. The molecule has 4 heteroatoms. The van der Waals surface area contributed by atoms with Gasteiger partial charge in [-0.25, -0.2) is 0 Å². The molecule has 0 saturated heterocycles. The zero-order chi connectivity index (χ0) is 8.81. The van der Waals surface area contributed by atoms with Gasteiger partial charge in [-0.3, -0.25) is 4.98 Å². The molecule has 68 valence electrons. The smallest absolute Gasteiger partial charge is 0.0794 e. The monoisotopic (exact) mass is 202 g/mol. The summed E-state index contributed by atoms with van der Waals surface area (Å²) in [4.78, 5) is 5.42. The van der Waals surface area contributed by atoms with Crippen LogP contribution in [-0.4, -0.2) is 30.1 Å². The van der Waals surface area contributed by atoms with E-state index in [4.69, 9.17) is 0 Å². The fraction of sp³-hybridized carbons (Fsp3) is 0.625. The average molecular weight is 202 g/mol. The number of hydrogen-bond donors (Lipinski definition) is 1. The Morgan fingerprint density at radius 2 is 2.58 bits per heavy atom. The first-order valence-corrected chi connectivity index (χ1v) is 6.17. The van der Waals surface area contributed by atoms with Gasteiger partial charge < -0.3 is 5.32 Å². The van der Waals surface area contributed by atoms with Crippen LogP contribution in [0, 0.1) is 0 Å². The molecule has 1 N–H and O–H groups in total. The summed E-state index contributed by atoms with van der Waals surface area (Å²) in [5, 5.41) is 3.30. The SMILES string of the molecule is CNC(CSC)Cc1cncs1. The molecule has 1 rings (SSSR count). The van der Waals surface area contributed by atoms with Crippen LogP contribution in [-0.2, 0) is 6.42 Å². The number of thiazole rings is 1. The van der Waals surface area contributed by atoms with Crippen LogP contribution in [0.5, 0.6) is 0 Å². The third kappa shape index (κ3) is 3.13. The first-order valence-electron chi connectivity index (χ1n) is 3.90. The van der Waals surface area contributed by atoms with Gasteiger partial charge in [0.25, 0.3) is 0 Å². The highest BCUT2D eigenvalue weighted by Gasteiger charge is 2.06. The Labute approximate surface area is 81.8 Å². The predicted molar refractivity (Wildman–Crippen MR) is 57.0 cm³/mol. The van der Waals surface area contributed by atoms with Crippen molar-refractivity contribution in [2.24, 2.45) is 0 Å². The molecular formula is C8H14N2S2. The first kappa shape index (κ1) is 10.0. The first-order chi connectivity index (χ1) is 5.86. The van der Waals surface area contributed by atoms with Gasteiger partial charge in [-0.1, -0.05) is 0 Å². The molecule has 0 aliphatic heterocycles. The molecular weight excluding hydrogens is 188 g/mol. The van der Waals surface area contributed by atoms with E-state index < -0.39 is 0 Å². The summed E-state index contributed by atoms with van der Waals surface area (Å²) in [7, 11) is 2.02. The maximum absolute atomic E-state index is 4.05. The molecule has 0 aliphatic rings. The van der Waals surface area contributed by atoms with Gasteiger partial charge in [0.15, 0.2) is 0 Å². The minimum atomic E-state index is 0.584. The van der Waals surface area contributed by atoms with E-state index in [1.54, 1.807) is 11.3 Å². The molecule has 0 spiro atoms. The quantitative estimate of drug-likeness (QED) is 0.785. The van der Waals surface area contributed by atoms with Crippen molar-refractivity contribution in [2.45, 2.75) is 12.5 Å². The standard InChI is InChI=1S/C8H14N2S2/c1-9-7(5-11-2)3-8-4-10-6-12-8/h4,6-7,9H,3,5H2,1-2H3. The Hall–Kier alpha value is -0.0600. The number of thioether (sulfide) groups is 1. The number of hydrogen-bond acceptors (Lipinski definition) is 4. The fourth-order valence-electron chi connectivity index (χ4n) is 1.03. The molecule has 0 aliphatic carbocycles. The summed E-state index contributed by atoms with van der Waals surface area (Å²) < 4.78 is 0. The Kier molecular flexibility index (Phi) is 4.65. The van der Waals surface area contributed by atoms with Crippen molar-refractivity contribution in [3.63, 3.8) is 0 Å². The second kappa shape index (κ2) is 5.56. The Bertz CT molecular complexity index is 199. The summed E-state index contributed by atoms with van der Waals surface area (Å²) in [6.07, 6.45) is 5.19. The lowest BCUT2D eigenvalue weighted by atomic mass is 10.2. The van der Waals surface area contributed by atoms with Crippen LogP contribution < -0.4 is 5.32 Å². The molecule has 12 heavy (non-hydrogen) atoms. The second-order valence-corrected chi connectivity index (χ2v) is 4.49. The van der Waals surface area contributed by atoms with Gasteiger partial charge in [-0.15, -0.1) is 11.3 Å². The minimum absolute atomic E-state index is 0.584. The van der Waals surface area contributed by atoms with E-state index in [1.165, 1.54) is 4.88 Å². The van der Waals surface area contributed by atoms with E-state index in [0.717, 1.165) is 12.2 Å². The van der Waals surface area contributed by atoms with Crippen LogP contribution in [0.3, 0.4) is 0 Å². The van der Waals surface area contributed by atoms with Crippen molar-refractivity contribution >= 4 is 23.1 Å². The molecule has 2 nitrogen and oxygen atoms in total. The van der Waals surface area contributed by atoms with E-state index in [0.29, 0.717) is 6.04 Å². The van der Waals surface area contributed by atoms with E-state index in [-0.39, 0.29) is 0 Å². The topological polar surface area (TPSA) is 24.9 Å². The molecule has 0 amide bonds. The normalized spacial score (nSPS) is 13.2. The van der Waals surface area contributed by atoms with E-state index in [9.17, 15) is 0 Å². The molecule has 0 bridgehead atoms. The molecule has 1 atom stereocenters. The van der Waals surface area contributed by atoms with Crippen molar-refractivity contribution in [1.82, 2.24) is 10.3 Å². The summed E-state index contributed by atoms with van der Waals surface area (Å²) in [6.45, 7) is 0. The van der Waals surface area contributed by atoms with Crippen molar-refractivity contribution in [2.75, 3.05) is 19.1 Å². The van der Waals surface area contributed by atoms with Crippen LogP contribution in [0.15, 0.2) is 11.7 Å². The molecule has 0 radical (unpaired) electrons. The zero-order valence-electron chi connectivity index (χ0n) is 7.41. The van der Waals surface area contributed by atoms with Gasteiger partial charge in [0.1, 0.15) is 0 Å². The maximum Gasteiger partial charge on any atom is 0.0794 e. The molecule has 0 fully saturated rings. The zero-order valence-corrected chi connectivity index (χ0v) is 9.04. The highest BCUT2D eigenvalue weighted by molar-refractivity contribution is 7.98. The number of aromatic nitrogens is 1. The van der Waals surface area contributed by atoms with Gasteiger partial charge in [-0.05, 0) is 19.7 Å². The largest absolute Gasteiger partial charge is 0.316 e. The Morgan fingerprint density at radius 1 is 1.75 bits per heavy atom. The van der Waals surface area contributed by atoms with Gasteiger partial charge >= 0.3 is 0 Å². The van der Waals surface area contributed by atoms with Gasteiger partial charge in [0.05, 0.1) is 5.51 Å². The van der Waals surface area contributed by atoms with Gasteiger partial charge in [0.2, 0.25) is 0 Å². The summed E-state index contributed by atoms with van der Waals surface area (Å²) in [5.74, 6) is 1.16. The third-order valence-electron chi connectivity index (χ3n) is 1.71. The molecule has 1 aromatic rings. The fourth-order valence-corrected chi connectivity index (χ4v) is 2.39. The highest BCUT2D eigenvalue weighted by Crippen LogP contribution is 2.10. The van der Waals surface area contributed by atoms with E-state index in [2.05, 4.69) is 16.6 Å². The lowest BCUT2D eigenvalue weighted by molar-refractivity contribution is 0.622. The summed E-state index contributed by atoms with van der Waals surface area (Å²) in [6, 6.07) is 0.584. The molecule has 1 heterocycles. The highest BCUT2D eigenvalue weighted by atomic mass is 32.2. The van der Waals surface area contributed by atoms with Crippen molar-refractivity contribution < 1.29 is 0 Å². The van der Waals surface area contributed by atoms with Gasteiger partial charge in [0, 0.05) is 22.9 Å². The lowest BCUT2D eigenvalue weighted by Crippen LogP contribution is -2.29. The number of likely N-dealkylation sites (N-methyl/N-ethyl adjacent to an activating group) is 1. The van der Waals surface area contributed by atoms with Crippen molar-refractivity contribution in [3.8, 4) is 0 Å². The maximum atomic E-state index is 4.05. The molecule has 1 aromatic heterocycles. The number of nitrogens with zero attached hydrogens (tertiary/aromatic N) is 1. The average Bonchev–Trinajstić information content (AvgIpc) is 2.56.